The molecule has 0 aliphatic carbocycles. The number of nitrogens with one attached hydrogen (secondary N) is 2. The summed E-state index contributed by atoms with van der Waals surface area (Å²) in [6.07, 6.45) is 0. The van der Waals surface area contributed by atoms with Crippen LogP contribution in [-0.2, 0) is 0 Å². The molecule has 0 bridgehead atoms. The zero-order chi connectivity index (χ0) is 13.8. The largest absolute Gasteiger partial charge is 0.368 e. The Kier molecular flexibility index (Phi) is 4.16. The minimum Gasteiger partial charge on any atom is -0.368 e. The van der Waals surface area contributed by atoms with E-state index in [0.29, 0.717) is 17.3 Å². The van der Waals surface area contributed by atoms with Crippen molar-refractivity contribution in [2.24, 2.45) is 0 Å². The second-order valence-corrected chi connectivity index (χ2v) is 4.25. The lowest BCUT2D eigenvalue weighted by Crippen LogP contribution is -2.06. The SMILES string of the molecule is CCNc1nc(Nc2cccc(Cl)c2)c(F)cc1F. The monoisotopic (exact) mass is 283 g/mol. The molecule has 100 valence electrons. The van der Waals surface area contributed by atoms with Gasteiger partial charge < -0.3 is 10.6 Å². The van der Waals surface area contributed by atoms with Crippen LogP contribution in [0.4, 0.5) is 26.1 Å². The smallest absolute Gasteiger partial charge is 0.169 e. The van der Waals surface area contributed by atoms with Crippen LogP contribution in [0.25, 0.3) is 0 Å². The molecule has 0 aliphatic rings. The van der Waals surface area contributed by atoms with Crippen molar-refractivity contribution in [2.75, 3.05) is 17.2 Å². The maximum absolute atomic E-state index is 13.6. The molecule has 3 nitrogen and oxygen atoms in total. The highest BCUT2D eigenvalue weighted by Crippen LogP contribution is 2.23. The highest BCUT2D eigenvalue weighted by atomic mass is 35.5. The number of benzene rings is 1. The Morgan fingerprint density at radius 1 is 1.16 bits per heavy atom. The number of hydrogen-bond acceptors (Lipinski definition) is 3. The molecule has 1 aromatic carbocycles. The lowest BCUT2D eigenvalue weighted by molar-refractivity contribution is 0.579. The molecule has 2 aromatic rings. The maximum atomic E-state index is 13.6. The van der Waals surface area contributed by atoms with Gasteiger partial charge in [0.15, 0.2) is 23.3 Å². The first kappa shape index (κ1) is 13.5. The lowest BCUT2D eigenvalue weighted by atomic mass is 10.3. The first-order valence-corrected chi connectivity index (χ1v) is 6.10. The molecule has 6 heteroatoms. The maximum Gasteiger partial charge on any atom is 0.169 e. The fourth-order valence-corrected chi connectivity index (χ4v) is 1.74. The van der Waals surface area contributed by atoms with Crippen molar-refractivity contribution >= 4 is 28.9 Å². The fraction of sp³-hybridized carbons (Fsp3) is 0.154. The number of hydrogen-bond donors (Lipinski definition) is 2. The van der Waals surface area contributed by atoms with E-state index in [4.69, 9.17) is 11.6 Å². The summed E-state index contributed by atoms with van der Waals surface area (Å²) < 4.78 is 27.0. The van der Waals surface area contributed by atoms with Crippen molar-refractivity contribution in [2.45, 2.75) is 6.92 Å². The third-order valence-corrected chi connectivity index (χ3v) is 2.60. The van der Waals surface area contributed by atoms with Crippen molar-refractivity contribution in [3.8, 4) is 0 Å². The van der Waals surface area contributed by atoms with Crippen molar-refractivity contribution in [3.05, 3.63) is 47.0 Å². The van der Waals surface area contributed by atoms with E-state index in [9.17, 15) is 8.78 Å². The second-order valence-electron chi connectivity index (χ2n) is 3.81. The lowest BCUT2D eigenvalue weighted by Gasteiger charge is -2.10. The first-order chi connectivity index (χ1) is 9.10. The van der Waals surface area contributed by atoms with E-state index in [1.54, 1.807) is 31.2 Å². The fourth-order valence-electron chi connectivity index (χ4n) is 1.55. The van der Waals surface area contributed by atoms with E-state index >= 15 is 0 Å². The number of nitrogens with zero attached hydrogens (tertiary/aromatic N) is 1. The van der Waals surface area contributed by atoms with Gasteiger partial charge in [-0.1, -0.05) is 17.7 Å². The van der Waals surface area contributed by atoms with Crippen LogP contribution < -0.4 is 10.6 Å². The molecule has 0 saturated carbocycles. The highest BCUT2D eigenvalue weighted by molar-refractivity contribution is 6.30. The van der Waals surface area contributed by atoms with Gasteiger partial charge >= 0.3 is 0 Å². The summed E-state index contributed by atoms with van der Waals surface area (Å²) in [6.45, 7) is 2.29. The van der Waals surface area contributed by atoms with Gasteiger partial charge in [0.1, 0.15) is 0 Å². The molecule has 1 heterocycles. The molecule has 0 aliphatic heterocycles. The Hall–Kier alpha value is -1.88. The summed E-state index contributed by atoms with van der Waals surface area (Å²) >= 11 is 5.83. The Balaban J connectivity index is 2.31. The van der Waals surface area contributed by atoms with E-state index in [0.717, 1.165) is 6.07 Å². The van der Waals surface area contributed by atoms with Gasteiger partial charge in [-0.3, -0.25) is 0 Å². The third kappa shape index (κ3) is 3.32. The van der Waals surface area contributed by atoms with Crippen LogP contribution in [0.15, 0.2) is 30.3 Å². The van der Waals surface area contributed by atoms with E-state index < -0.39 is 11.6 Å². The molecule has 2 rings (SSSR count). The second kappa shape index (κ2) is 5.84. The van der Waals surface area contributed by atoms with Crippen LogP contribution in [0.1, 0.15) is 6.92 Å². The summed E-state index contributed by atoms with van der Waals surface area (Å²) in [5, 5.41) is 6.00. The average Bonchev–Trinajstić information content (AvgIpc) is 2.35. The van der Waals surface area contributed by atoms with Gasteiger partial charge in [0.2, 0.25) is 0 Å². The Labute approximate surface area is 114 Å². The summed E-state index contributed by atoms with van der Waals surface area (Å²) in [4.78, 5) is 3.87. The van der Waals surface area contributed by atoms with Crippen LogP contribution in [0.5, 0.6) is 0 Å². The van der Waals surface area contributed by atoms with Crippen LogP contribution in [-0.4, -0.2) is 11.5 Å². The standard InChI is InChI=1S/C13H12ClF2N3/c1-2-17-12-10(15)7-11(16)13(19-12)18-9-5-3-4-8(14)6-9/h3-7H,2H2,1H3,(H2,17,18,19). The normalized spacial score (nSPS) is 10.3. The molecule has 1 aromatic heterocycles. The van der Waals surface area contributed by atoms with Gasteiger partial charge in [-0.25, -0.2) is 13.8 Å². The quantitative estimate of drug-likeness (QED) is 0.883. The summed E-state index contributed by atoms with van der Waals surface area (Å²) in [5.41, 5.74) is 0.577. The van der Waals surface area contributed by atoms with E-state index in [-0.39, 0.29) is 11.6 Å². The van der Waals surface area contributed by atoms with Gasteiger partial charge in [0.25, 0.3) is 0 Å². The van der Waals surface area contributed by atoms with Crippen LogP contribution in [0, 0.1) is 11.6 Å². The predicted octanol–water partition coefficient (Wildman–Crippen LogP) is 4.19. The van der Waals surface area contributed by atoms with Crippen LogP contribution >= 0.6 is 11.6 Å². The Morgan fingerprint density at radius 3 is 2.58 bits per heavy atom. The Bertz CT molecular complexity index is 590. The number of anilines is 3. The molecule has 0 fully saturated rings. The van der Waals surface area contributed by atoms with Gasteiger partial charge in [-0.2, -0.15) is 0 Å². The summed E-state index contributed by atoms with van der Waals surface area (Å²) in [6, 6.07) is 7.54. The number of aromatic nitrogens is 1. The molecule has 0 radical (unpaired) electrons. The van der Waals surface area contributed by atoms with E-state index in [2.05, 4.69) is 15.6 Å². The topological polar surface area (TPSA) is 37.0 Å². The van der Waals surface area contributed by atoms with Crippen LogP contribution in [0.3, 0.4) is 0 Å². The van der Waals surface area contributed by atoms with E-state index in [1.165, 1.54) is 0 Å². The summed E-state index contributed by atoms with van der Waals surface area (Å²) in [5.74, 6) is -1.54. The first-order valence-electron chi connectivity index (χ1n) is 5.72. The minimum atomic E-state index is -0.765. The molecule has 0 amide bonds. The van der Waals surface area contributed by atoms with Crippen molar-refractivity contribution in [1.82, 2.24) is 4.98 Å². The van der Waals surface area contributed by atoms with Gasteiger partial charge in [0.05, 0.1) is 0 Å². The van der Waals surface area contributed by atoms with E-state index in [1.807, 2.05) is 0 Å². The number of halogens is 3. The van der Waals surface area contributed by atoms with Gasteiger partial charge in [-0.15, -0.1) is 0 Å². The molecular formula is C13H12ClF2N3. The zero-order valence-electron chi connectivity index (χ0n) is 10.2. The minimum absolute atomic E-state index is 0.00780. The van der Waals surface area contributed by atoms with Crippen molar-refractivity contribution in [1.29, 1.82) is 0 Å². The van der Waals surface area contributed by atoms with Gasteiger partial charge in [-0.05, 0) is 25.1 Å². The Morgan fingerprint density at radius 2 is 1.89 bits per heavy atom. The van der Waals surface area contributed by atoms with Crippen molar-refractivity contribution in [3.63, 3.8) is 0 Å². The average molecular weight is 284 g/mol. The predicted molar refractivity (Wildman–Crippen MR) is 73.1 cm³/mol. The molecule has 0 spiro atoms. The molecule has 0 atom stereocenters. The molecule has 0 unspecified atom stereocenters. The third-order valence-electron chi connectivity index (χ3n) is 2.36. The zero-order valence-corrected chi connectivity index (χ0v) is 10.9. The molecule has 19 heavy (non-hydrogen) atoms. The summed E-state index contributed by atoms with van der Waals surface area (Å²) in [7, 11) is 0. The molecule has 2 N–H and O–H groups in total. The highest BCUT2D eigenvalue weighted by Gasteiger charge is 2.11. The van der Waals surface area contributed by atoms with Crippen molar-refractivity contribution < 1.29 is 8.78 Å². The number of pyridine rings is 1. The number of rotatable bonds is 4. The van der Waals surface area contributed by atoms with Gasteiger partial charge in [0, 0.05) is 23.3 Å². The molecule has 0 saturated heterocycles. The molecular weight excluding hydrogens is 272 g/mol. The van der Waals surface area contributed by atoms with Crippen LogP contribution in [0.2, 0.25) is 5.02 Å².